The van der Waals surface area contributed by atoms with E-state index in [1.165, 1.54) is 28.1 Å². The number of fused-ring (bicyclic) bond motifs is 2. The van der Waals surface area contributed by atoms with Crippen LogP contribution in [0.2, 0.25) is 0 Å². The number of aliphatic imine (C=N–C) groups is 2. The van der Waals surface area contributed by atoms with E-state index in [4.69, 9.17) is 39.5 Å². The molecule has 0 bridgehead atoms. The summed E-state index contributed by atoms with van der Waals surface area (Å²) in [6.07, 6.45) is 1.91. The average Bonchev–Trinajstić information content (AvgIpc) is 3.36. The van der Waals surface area contributed by atoms with Gasteiger partial charge in [0.25, 0.3) is 0 Å². The van der Waals surface area contributed by atoms with Crippen LogP contribution in [-0.4, -0.2) is 29.4 Å². The second kappa shape index (κ2) is 11.5. The number of hydrogen-bond donors (Lipinski definition) is 0. The fraction of sp³-hybridized carbons (Fsp3) is 0.200. The van der Waals surface area contributed by atoms with E-state index in [2.05, 4.69) is 83.8 Å². The van der Waals surface area contributed by atoms with Crippen LogP contribution in [0.1, 0.15) is 16.7 Å². The Kier molecular flexibility index (Phi) is 8.48. The molecule has 0 atom stereocenters. The topological polar surface area (TPSA) is 28.0 Å². The summed E-state index contributed by atoms with van der Waals surface area (Å²) >= 11 is -1.77. The molecule has 2 aliphatic rings. The van der Waals surface area contributed by atoms with Crippen LogP contribution in [0.3, 0.4) is 0 Å². The second-order valence-electron chi connectivity index (χ2n) is 7.79. The van der Waals surface area contributed by atoms with E-state index in [1.54, 1.807) is 0 Å². The molecule has 0 radical (unpaired) electrons. The van der Waals surface area contributed by atoms with Crippen LogP contribution in [-0.2, 0) is 31.7 Å². The van der Waals surface area contributed by atoms with Gasteiger partial charge in [0.2, 0.25) is 0 Å². The number of rotatable bonds is 6. The Morgan fingerprint density at radius 1 is 0.625 bits per heavy atom. The summed E-state index contributed by atoms with van der Waals surface area (Å²) in [5.41, 5.74) is 8.74. The molecule has 32 heavy (non-hydrogen) atoms. The fourth-order valence-corrected chi connectivity index (χ4v) is 4.11. The third-order valence-electron chi connectivity index (χ3n) is 5.39. The molecule has 0 fully saturated rings. The van der Waals surface area contributed by atoms with Gasteiger partial charge in [-0.15, -0.1) is 0 Å². The average molecular weight is 523 g/mol. The quantitative estimate of drug-likeness (QED) is 0.336. The molecule has 164 valence electrons. The number of halogens is 3. The van der Waals surface area contributed by atoms with Gasteiger partial charge >= 0.3 is 41.8 Å². The first-order valence-corrected chi connectivity index (χ1v) is 16.2. The number of para-hydroxylation sites is 2. The normalized spacial score (nSPS) is 13.9. The van der Waals surface area contributed by atoms with Gasteiger partial charge in [-0.2, -0.15) is 0 Å². The smallest absolute Gasteiger partial charge is 0.0665 e. The summed E-state index contributed by atoms with van der Waals surface area (Å²) in [5, 5.41) is 0. The van der Waals surface area contributed by atoms with Crippen molar-refractivity contribution in [3.8, 4) is 0 Å². The van der Waals surface area contributed by atoms with Crippen LogP contribution >= 0.6 is 29.5 Å². The maximum atomic E-state index is 4.95. The van der Waals surface area contributed by atoms with Gasteiger partial charge in [-0.3, -0.25) is 14.9 Å². The summed E-state index contributed by atoms with van der Waals surface area (Å²) in [5.74, 6) is 0. The Morgan fingerprint density at radius 2 is 1.06 bits per heavy atom. The van der Waals surface area contributed by atoms with Crippen molar-refractivity contribution in [3.63, 3.8) is 0 Å². The Hall–Kier alpha value is -1.59. The first-order chi connectivity index (χ1) is 15.6. The third kappa shape index (κ3) is 6.71. The maximum absolute atomic E-state index is 4.95. The standard InChI is InChI=1S/C25H23N3.3ClH.V/c1-2-8-19(9-3-1)16-28(17-22-14-20-10-4-6-12-24(20)26-22)18-23-15-21-11-5-7-13-25(21)27-23;;;;/h1-13H,14-18H2;3*1H;/q;;;;+3/p-3. The van der Waals surface area contributed by atoms with Crippen molar-refractivity contribution in [1.29, 1.82) is 0 Å². The van der Waals surface area contributed by atoms with Crippen LogP contribution < -0.4 is 0 Å². The first-order valence-electron chi connectivity index (χ1n) is 10.4. The van der Waals surface area contributed by atoms with Gasteiger partial charge < -0.3 is 0 Å². The van der Waals surface area contributed by atoms with E-state index in [0.717, 1.165) is 43.9 Å². The molecular weight excluding hydrogens is 500 g/mol. The minimum atomic E-state index is -1.77. The van der Waals surface area contributed by atoms with Crippen molar-refractivity contribution in [1.82, 2.24) is 4.90 Å². The van der Waals surface area contributed by atoms with Crippen LogP contribution in [0.4, 0.5) is 11.4 Å². The van der Waals surface area contributed by atoms with Crippen molar-refractivity contribution in [2.75, 3.05) is 13.1 Å². The summed E-state index contributed by atoms with van der Waals surface area (Å²) in [4.78, 5) is 12.2. The van der Waals surface area contributed by atoms with Gasteiger partial charge in [-0.05, 0) is 28.8 Å². The van der Waals surface area contributed by atoms with Crippen LogP contribution in [0, 0.1) is 0 Å². The molecule has 3 aromatic rings. The maximum Gasteiger partial charge on any atom is 0.0665 e. The second-order valence-corrected chi connectivity index (χ2v) is 14.7. The van der Waals surface area contributed by atoms with Crippen molar-refractivity contribution < 1.29 is 12.3 Å². The molecule has 0 aromatic heterocycles. The van der Waals surface area contributed by atoms with Crippen molar-refractivity contribution >= 4 is 52.3 Å². The molecular formula is C25H23Cl3N3V. The predicted octanol–water partition coefficient (Wildman–Crippen LogP) is 7.21. The Balaban J connectivity index is 0.000000567. The Morgan fingerprint density at radius 3 is 1.53 bits per heavy atom. The van der Waals surface area contributed by atoms with E-state index in [9.17, 15) is 0 Å². The summed E-state index contributed by atoms with van der Waals surface area (Å²) in [6, 6.07) is 27.6. The van der Waals surface area contributed by atoms with Crippen molar-refractivity contribution in [3.05, 3.63) is 95.6 Å². The van der Waals surface area contributed by atoms with E-state index >= 15 is 0 Å². The molecule has 5 rings (SSSR count). The molecule has 0 aliphatic carbocycles. The molecule has 0 saturated carbocycles. The molecule has 3 aromatic carbocycles. The first kappa shape index (κ1) is 23.6. The van der Waals surface area contributed by atoms with E-state index in [-0.39, 0.29) is 0 Å². The summed E-state index contributed by atoms with van der Waals surface area (Å²) in [7, 11) is 14.9. The van der Waals surface area contributed by atoms with E-state index in [1.807, 2.05) is 0 Å². The molecule has 2 heterocycles. The van der Waals surface area contributed by atoms with Crippen LogP contribution in [0.15, 0.2) is 88.8 Å². The van der Waals surface area contributed by atoms with Gasteiger partial charge in [0, 0.05) is 43.9 Å². The molecule has 3 nitrogen and oxygen atoms in total. The van der Waals surface area contributed by atoms with Crippen molar-refractivity contribution in [2.24, 2.45) is 9.98 Å². The Labute approximate surface area is 206 Å². The molecule has 0 N–H and O–H groups in total. The van der Waals surface area contributed by atoms with Crippen molar-refractivity contribution in [2.45, 2.75) is 19.4 Å². The summed E-state index contributed by atoms with van der Waals surface area (Å²) in [6.45, 7) is 2.66. The van der Waals surface area contributed by atoms with E-state index < -0.39 is 12.3 Å². The fourth-order valence-electron chi connectivity index (χ4n) is 4.11. The molecule has 0 unspecified atom stereocenters. The minimum Gasteiger partial charge on any atom is -0.288 e. The molecule has 2 aliphatic heterocycles. The molecule has 0 amide bonds. The van der Waals surface area contributed by atoms with Crippen LogP contribution in [0.25, 0.3) is 0 Å². The monoisotopic (exact) mass is 521 g/mol. The van der Waals surface area contributed by atoms with Gasteiger partial charge in [-0.1, -0.05) is 66.7 Å². The number of nitrogens with zero attached hydrogens (tertiary/aromatic N) is 3. The molecule has 7 heteroatoms. The zero-order valence-electron chi connectivity index (χ0n) is 17.5. The van der Waals surface area contributed by atoms with Crippen LogP contribution in [0.5, 0.6) is 0 Å². The SMILES string of the molecule is [Cl][V]([Cl])[Cl].c1ccc(CN(CC2=Nc3ccccc3C2)CC2=Nc3ccccc3C2)cc1. The van der Waals surface area contributed by atoms with E-state index in [0.29, 0.717) is 0 Å². The predicted molar refractivity (Wildman–Crippen MR) is 134 cm³/mol. The minimum absolute atomic E-state index is 0.874. The summed E-state index contributed by atoms with van der Waals surface area (Å²) < 4.78 is 0. The zero-order chi connectivity index (χ0) is 22.3. The van der Waals surface area contributed by atoms with Gasteiger partial charge in [0.1, 0.15) is 0 Å². The zero-order valence-corrected chi connectivity index (χ0v) is 21.1. The van der Waals surface area contributed by atoms with Gasteiger partial charge in [-0.25, -0.2) is 0 Å². The third-order valence-corrected chi connectivity index (χ3v) is 5.39. The number of hydrogen-bond acceptors (Lipinski definition) is 3. The number of benzene rings is 3. The molecule has 0 spiro atoms. The molecule has 0 saturated heterocycles. The van der Waals surface area contributed by atoms with Gasteiger partial charge in [0.15, 0.2) is 0 Å². The van der Waals surface area contributed by atoms with Gasteiger partial charge in [0.05, 0.1) is 11.4 Å². The largest absolute Gasteiger partial charge is 0.288 e. The Bertz CT molecular complexity index is 1050.